The molecule has 0 fully saturated rings. The van der Waals surface area contributed by atoms with Crippen molar-refractivity contribution in [3.8, 4) is 5.75 Å². The first kappa shape index (κ1) is 17.2. The molecule has 0 aliphatic rings. The number of ether oxygens (including phenoxy) is 1. The van der Waals surface area contributed by atoms with Crippen LogP contribution in [0.3, 0.4) is 0 Å². The molecule has 27 heavy (non-hydrogen) atoms. The summed E-state index contributed by atoms with van der Waals surface area (Å²) in [4.78, 5) is 12.5. The Hall–Kier alpha value is -3.25. The molecule has 1 N–H and O–H groups in total. The van der Waals surface area contributed by atoms with Gasteiger partial charge in [0.05, 0.1) is 16.2 Å². The molecule has 0 radical (unpaired) electrons. The van der Waals surface area contributed by atoms with Crippen molar-refractivity contribution in [3.63, 3.8) is 0 Å². The van der Waals surface area contributed by atoms with Crippen LogP contribution < -0.4 is 10.1 Å². The lowest BCUT2D eigenvalue weighted by atomic mass is 10.2. The maximum Gasteiger partial charge on any atom is 0.141 e. The molecule has 0 aliphatic carbocycles. The fraction of sp³-hybridized carbons (Fsp3) is 0.0500. The van der Waals surface area contributed by atoms with E-state index < -0.39 is 0 Å². The van der Waals surface area contributed by atoms with Crippen molar-refractivity contribution < 1.29 is 9.13 Å². The van der Waals surface area contributed by atoms with Crippen LogP contribution in [0.5, 0.6) is 5.75 Å². The van der Waals surface area contributed by atoms with Gasteiger partial charge in [0.15, 0.2) is 0 Å². The number of fused-ring (bicyclic) bond motifs is 1. The van der Waals surface area contributed by atoms with Gasteiger partial charge in [-0.25, -0.2) is 14.4 Å². The molecule has 0 saturated heterocycles. The van der Waals surface area contributed by atoms with Gasteiger partial charge in [0.1, 0.15) is 30.3 Å². The lowest BCUT2D eigenvalue weighted by Crippen LogP contribution is -1.99. The minimum Gasteiger partial charge on any atom is -0.486 e. The number of benzene rings is 2. The summed E-state index contributed by atoms with van der Waals surface area (Å²) in [7, 11) is 0. The van der Waals surface area contributed by atoms with Crippen LogP contribution in [0.2, 0.25) is 5.02 Å². The molecular weight excluding hydrogens is 367 g/mol. The monoisotopic (exact) mass is 380 g/mol. The Morgan fingerprint density at radius 1 is 1.00 bits per heavy atom. The van der Waals surface area contributed by atoms with E-state index >= 15 is 0 Å². The number of hydrogen-bond acceptors (Lipinski definition) is 5. The van der Waals surface area contributed by atoms with Crippen LogP contribution >= 0.6 is 11.6 Å². The molecule has 2 aromatic heterocycles. The predicted molar refractivity (Wildman–Crippen MR) is 103 cm³/mol. The molecule has 0 atom stereocenters. The van der Waals surface area contributed by atoms with E-state index in [0.717, 1.165) is 11.4 Å². The van der Waals surface area contributed by atoms with Gasteiger partial charge in [-0.3, -0.25) is 4.98 Å². The van der Waals surface area contributed by atoms with Crippen LogP contribution in [0.4, 0.5) is 15.9 Å². The van der Waals surface area contributed by atoms with Gasteiger partial charge in [-0.15, -0.1) is 0 Å². The van der Waals surface area contributed by atoms with E-state index in [1.54, 1.807) is 24.4 Å². The van der Waals surface area contributed by atoms with Gasteiger partial charge in [-0.2, -0.15) is 0 Å². The van der Waals surface area contributed by atoms with Gasteiger partial charge in [0, 0.05) is 23.3 Å². The van der Waals surface area contributed by atoms with Crippen LogP contribution in [0.25, 0.3) is 10.9 Å². The number of nitrogens with zero attached hydrogens (tertiary/aromatic N) is 3. The molecule has 0 amide bonds. The van der Waals surface area contributed by atoms with Crippen molar-refractivity contribution in [1.29, 1.82) is 0 Å². The van der Waals surface area contributed by atoms with Crippen LogP contribution in [-0.4, -0.2) is 15.0 Å². The van der Waals surface area contributed by atoms with E-state index in [0.29, 0.717) is 34.1 Å². The Bertz CT molecular complexity index is 1090. The lowest BCUT2D eigenvalue weighted by molar-refractivity contribution is 0.301. The first-order valence-electron chi connectivity index (χ1n) is 8.18. The average molecular weight is 381 g/mol. The number of nitrogens with one attached hydrogen (secondary N) is 1. The van der Waals surface area contributed by atoms with Crippen molar-refractivity contribution in [2.45, 2.75) is 6.61 Å². The highest BCUT2D eigenvalue weighted by Crippen LogP contribution is 2.30. The standard InChI is InChI=1S/C20H14ClFN4O/c21-17-10-14(5-7-19(17)27-11-15-3-1-2-8-23-15)26-20-16-6-4-13(22)9-18(16)24-12-25-20/h1-10,12H,11H2,(H,24,25,26). The molecule has 2 aromatic carbocycles. The highest BCUT2D eigenvalue weighted by molar-refractivity contribution is 6.32. The quantitative estimate of drug-likeness (QED) is 0.519. The molecule has 0 aliphatic heterocycles. The van der Waals surface area contributed by atoms with Gasteiger partial charge >= 0.3 is 0 Å². The van der Waals surface area contributed by atoms with Crippen molar-refractivity contribution in [3.05, 3.63) is 83.7 Å². The Kier molecular flexibility index (Phi) is 4.80. The van der Waals surface area contributed by atoms with Crippen molar-refractivity contribution in [1.82, 2.24) is 15.0 Å². The molecule has 134 valence electrons. The van der Waals surface area contributed by atoms with Gasteiger partial charge in [-0.05, 0) is 42.5 Å². The fourth-order valence-corrected chi connectivity index (χ4v) is 2.83. The molecule has 4 rings (SSSR count). The van der Waals surface area contributed by atoms with Crippen LogP contribution in [0.1, 0.15) is 5.69 Å². The molecule has 0 saturated carbocycles. The predicted octanol–water partition coefficient (Wildman–Crippen LogP) is 5.14. The Morgan fingerprint density at radius 2 is 1.93 bits per heavy atom. The molecule has 5 nitrogen and oxygen atoms in total. The second kappa shape index (κ2) is 7.55. The van der Waals surface area contributed by atoms with E-state index in [2.05, 4.69) is 20.3 Å². The second-order valence-electron chi connectivity index (χ2n) is 5.76. The number of aromatic nitrogens is 3. The minimum atomic E-state index is -0.343. The lowest BCUT2D eigenvalue weighted by Gasteiger charge is -2.11. The van der Waals surface area contributed by atoms with E-state index in [9.17, 15) is 4.39 Å². The van der Waals surface area contributed by atoms with Crippen molar-refractivity contribution in [2.75, 3.05) is 5.32 Å². The molecule has 0 bridgehead atoms. The summed E-state index contributed by atoms with van der Waals surface area (Å²) in [6, 6.07) is 15.4. The number of halogens is 2. The maximum atomic E-state index is 13.4. The second-order valence-corrected chi connectivity index (χ2v) is 6.17. The summed E-state index contributed by atoms with van der Waals surface area (Å²) < 4.78 is 19.1. The third kappa shape index (κ3) is 3.96. The highest BCUT2D eigenvalue weighted by atomic mass is 35.5. The smallest absolute Gasteiger partial charge is 0.141 e. The zero-order chi connectivity index (χ0) is 18.6. The fourth-order valence-electron chi connectivity index (χ4n) is 2.60. The molecule has 2 heterocycles. The van der Waals surface area contributed by atoms with Gasteiger partial charge in [0.2, 0.25) is 0 Å². The van der Waals surface area contributed by atoms with Crippen molar-refractivity contribution in [2.24, 2.45) is 0 Å². The molecule has 7 heteroatoms. The molecule has 0 unspecified atom stereocenters. The van der Waals surface area contributed by atoms with Crippen molar-refractivity contribution >= 4 is 34.0 Å². The number of rotatable bonds is 5. The van der Waals surface area contributed by atoms with Crippen LogP contribution in [0, 0.1) is 5.82 Å². The van der Waals surface area contributed by atoms with Gasteiger partial charge in [0.25, 0.3) is 0 Å². The molecule has 4 aromatic rings. The molecule has 0 spiro atoms. The van der Waals surface area contributed by atoms with Gasteiger partial charge in [-0.1, -0.05) is 17.7 Å². The Labute approximate surface area is 159 Å². The first-order chi connectivity index (χ1) is 13.2. The summed E-state index contributed by atoms with van der Waals surface area (Å²) in [5.74, 6) is 0.783. The topological polar surface area (TPSA) is 59.9 Å². The maximum absolute atomic E-state index is 13.4. The highest BCUT2D eigenvalue weighted by Gasteiger charge is 2.08. The minimum absolute atomic E-state index is 0.329. The SMILES string of the molecule is Fc1ccc2c(Nc3ccc(OCc4ccccn4)c(Cl)c3)ncnc2c1. The number of anilines is 2. The summed E-state index contributed by atoms with van der Waals surface area (Å²) in [6.07, 6.45) is 3.10. The van der Waals surface area contributed by atoms with E-state index in [4.69, 9.17) is 16.3 Å². The number of pyridine rings is 1. The Balaban J connectivity index is 1.53. The molecular formula is C20H14ClFN4O. The zero-order valence-electron chi connectivity index (χ0n) is 14.1. The average Bonchev–Trinajstić information content (AvgIpc) is 2.68. The summed E-state index contributed by atoms with van der Waals surface area (Å²) in [6.45, 7) is 0.329. The van der Waals surface area contributed by atoms with Gasteiger partial charge < -0.3 is 10.1 Å². The van der Waals surface area contributed by atoms with Crippen LogP contribution in [0.15, 0.2) is 67.1 Å². The van der Waals surface area contributed by atoms with E-state index in [-0.39, 0.29) is 5.82 Å². The normalized spacial score (nSPS) is 10.7. The summed E-state index contributed by atoms with van der Waals surface area (Å²) in [5, 5.41) is 4.35. The third-order valence-corrected chi connectivity index (χ3v) is 4.19. The van der Waals surface area contributed by atoms with E-state index in [1.165, 1.54) is 18.5 Å². The first-order valence-corrected chi connectivity index (χ1v) is 8.56. The largest absolute Gasteiger partial charge is 0.486 e. The Morgan fingerprint density at radius 3 is 2.74 bits per heavy atom. The summed E-state index contributed by atoms with van der Waals surface area (Å²) >= 11 is 6.33. The summed E-state index contributed by atoms with van der Waals surface area (Å²) in [5.41, 5.74) is 2.07. The number of hydrogen-bond donors (Lipinski definition) is 1. The third-order valence-electron chi connectivity index (χ3n) is 3.89. The van der Waals surface area contributed by atoms with E-state index in [1.807, 2.05) is 24.3 Å². The van der Waals surface area contributed by atoms with Crippen LogP contribution in [-0.2, 0) is 6.61 Å². The zero-order valence-corrected chi connectivity index (χ0v) is 14.8.